The molecule has 1 aliphatic carbocycles. The van der Waals surface area contributed by atoms with Crippen molar-refractivity contribution in [2.75, 3.05) is 19.6 Å². The molecular weight excluding hydrogens is 196 g/mol. The molecule has 3 aliphatic rings. The first-order valence-corrected chi connectivity index (χ1v) is 6.39. The first-order chi connectivity index (χ1) is 7.84. The molecular formula is C14H20N2. The van der Waals surface area contributed by atoms with Crippen LogP contribution >= 0.6 is 0 Å². The molecule has 0 spiro atoms. The zero-order chi connectivity index (χ0) is 11.0. The molecule has 2 heteroatoms. The second kappa shape index (κ2) is 4.10. The fourth-order valence-electron chi connectivity index (χ4n) is 2.99. The minimum atomic E-state index is 0.725. The lowest BCUT2D eigenvalue weighted by Gasteiger charge is -2.42. The number of hydrogen-bond donors (Lipinski definition) is 1. The molecule has 0 amide bonds. The highest BCUT2D eigenvalue weighted by atomic mass is 15.2. The Bertz CT molecular complexity index is 376. The average molecular weight is 216 g/mol. The molecule has 0 bridgehead atoms. The van der Waals surface area contributed by atoms with Crippen LogP contribution in [0.4, 0.5) is 0 Å². The summed E-state index contributed by atoms with van der Waals surface area (Å²) in [5.41, 5.74) is 4.54. The lowest BCUT2D eigenvalue weighted by molar-refractivity contribution is 0.190. The highest BCUT2D eigenvalue weighted by Crippen LogP contribution is 2.32. The quantitative estimate of drug-likeness (QED) is 0.668. The summed E-state index contributed by atoms with van der Waals surface area (Å²) >= 11 is 0. The number of hydrogen-bond acceptors (Lipinski definition) is 2. The van der Waals surface area contributed by atoms with Crippen molar-refractivity contribution in [1.82, 2.24) is 10.2 Å². The predicted octanol–water partition coefficient (Wildman–Crippen LogP) is 2.21. The second-order valence-corrected chi connectivity index (χ2v) is 5.10. The Balaban J connectivity index is 1.98. The van der Waals surface area contributed by atoms with E-state index in [1.54, 1.807) is 5.57 Å². The number of fused-ring (bicyclic) bond motifs is 2. The number of nitrogens with one attached hydrogen (secondary N) is 1. The van der Waals surface area contributed by atoms with Crippen LogP contribution in [0.1, 0.15) is 26.2 Å². The third-order valence-corrected chi connectivity index (χ3v) is 3.88. The van der Waals surface area contributed by atoms with Gasteiger partial charge in [-0.2, -0.15) is 0 Å². The largest absolute Gasteiger partial charge is 0.366 e. The van der Waals surface area contributed by atoms with E-state index in [4.69, 9.17) is 0 Å². The van der Waals surface area contributed by atoms with Gasteiger partial charge in [-0.25, -0.2) is 0 Å². The SMILES string of the molecule is CC1=CC2=C(C=CC1)CCC1CNCCN21. The molecule has 2 nitrogen and oxygen atoms in total. The summed E-state index contributed by atoms with van der Waals surface area (Å²) in [4.78, 5) is 2.62. The van der Waals surface area contributed by atoms with Gasteiger partial charge in [0.25, 0.3) is 0 Å². The van der Waals surface area contributed by atoms with Crippen LogP contribution in [-0.4, -0.2) is 30.6 Å². The third kappa shape index (κ3) is 1.71. The van der Waals surface area contributed by atoms with Gasteiger partial charge in [-0.15, -0.1) is 0 Å². The Labute approximate surface area is 97.7 Å². The van der Waals surface area contributed by atoms with Gasteiger partial charge in [-0.1, -0.05) is 17.7 Å². The smallest absolute Gasteiger partial charge is 0.0418 e. The molecule has 1 N–H and O–H groups in total. The first kappa shape index (κ1) is 10.2. The minimum Gasteiger partial charge on any atom is -0.366 e. The summed E-state index contributed by atoms with van der Waals surface area (Å²) < 4.78 is 0. The molecule has 16 heavy (non-hydrogen) atoms. The van der Waals surface area contributed by atoms with Crippen molar-refractivity contribution in [3.8, 4) is 0 Å². The highest BCUT2D eigenvalue weighted by Gasteiger charge is 2.28. The van der Waals surface area contributed by atoms with E-state index in [1.807, 2.05) is 0 Å². The number of nitrogens with zero attached hydrogens (tertiary/aromatic N) is 1. The average Bonchev–Trinajstić information content (AvgIpc) is 2.50. The van der Waals surface area contributed by atoms with Crippen molar-refractivity contribution in [1.29, 1.82) is 0 Å². The van der Waals surface area contributed by atoms with E-state index in [0.717, 1.165) is 25.6 Å². The van der Waals surface area contributed by atoms with Crippen molar-refractivity contribution in [2.45, 2.75) is 32.2 Å². The monoisotopic (exact) mass is 216 g/mol. The van der Waals surface area contributed by atoms with Crippen LogP contribution < -0.4 is 5.32 Å². The van der Waals surface area contributed by atoms with Gasteiger partial charge >= 0.3 is 0 Å². The zero-order valence-electron chi connectivity index (χ0n) is 10.00. The Morgan fingerprint density at radius 1 is 1.44 bits per heavy atom. The van der Waals surface area contributed by atoms with Crippen LogP contribution in [0.25, 0.3) is 0 Å². The Kier molecular flexibility index (Phi) is 2.60. The van der Waals surface area contributed by atoms with E-state index < -0.39 is 0 Å². The Morgan fingerprint density at radius 2 is 2.38 bits per heavy atom. The molecule has 0 aromatic rings. The Morgan fingerprint density at radius 3 is 3.31 bits per heavy atom. The summed E-state index contributed by atoms with van der Waals surface area (Å²) in [6, 6.07) is 0.725. The Hall–Kier alpha value is -1.02. The summed E-state index contributed by atoms with van der Waals surface area (Å²) in [5.74, 6) is 0. The summed E-state index contributed by atoms with van der Waals surface area (Å²) in [7, 11) is 0. The first-order valence-electron chi connectivity index (χ1n) is 6.39. The van der Waals surface area contributed by atoms with E-state index >= 15 is 0 Å². The minimum absolute atomic E-state index is 0.725. The van der Waals surface area contributed by atoms with Crippen molar-refractivity contribution in [3.63, 3.8) is 0 Å². The molecule has 2 aliphatic heterocycles. The maximum absolute atomic E-state index is 3.50. The highest BCUT2D eigenvalue weighted by molar-refractivity contribution is 5.39. The van der Waals surface area contributed by atoms with Crippen LogP contribution in [-0.2, 0) is 0 Å². The van der Waals surface area contributed by atoms with Gasteiger partial charge in [0.15, 0.2) is 0 Å². The molecule has 1 unspecified atom stereocenters. The molecule has 3 rings (SSSR count). The molecule has 0 radical (unpaired) electrons. The maximum Gasteiger partial charge on any atom is 0.0418 e. The molecule has 2 heterocycles. The molecule has 1 saturated heterocycles. The van der Waals surface area contributed by atoms with E-state index in [2.05, 4.69) is 35.4 Å². The molecule has 86 valence electrons. The van der Waals surface area contributed by atoms with Gasteiger partial charge in [0.1, 0.15) is 0 Å². The molecule has 1 fully saturated rings. The van der Waals surface area contributed by atoms with Gasteiger partial charge in [0.05, 0.1) is 0 Å². The number of allylic oxidation sites excluding steroid dienone is 5. The van der Waals surface area contributed by atoms with E-state index in [9.17, 15) is 0 Å². The van der Waals surface area contributed by atoms with E-state index in [1.165, 1.54) is 30.7 Å². The third-order valence-electron chi connectivity index (χ3n) is 3.88. The summed E-state index contributed by atoms with van der Waals surface area (Å²) in [5, 5.41) is 3.50. The number of piperazine rings is 1. The van der Waals surface area contributed by atoms with Crippen molar-refractivity contribution < 1.29 is 0 Å². The van der Waals surface area contributed by atoms with Crippen LogP contribution in [0.15, 0.2) is 35.1 Å². The van der Waals surface area contributed by atoms with E-state index in [-0.39, 0.29) is 0 Å². The van der Waals surface area contributed by atoms with Crippen LogP contribution in [0, 0.1) is 0 Å². The van der Waals surface area contributed by atoms with E-state index in [0.29, 0.717) is 0 Å². The van der Waals surface area contributed by atoms with Crippen molar-refractivity contribution in [2.24, 2.45) is 0 Å². The van der Waals surface area contributed by atoms with Crippen LogP contribution in [0.3, 0.4) is 0 Å². The summed E-state index contributed by atoms with van der Waals surface area (Å²) in [6.07, 6.45) is 10.7. The molecule has 1 atom stereocenters. The van der Waals surface area contributed by atoms with Gasteiger partial charge in [-0.3, -0.25) is 0 Å². The normalized spacial score (nSPS) is 29.4. The van der Waals surface area contributed by atoms with Crippen molar-refractivity contribution in [3.05, 3.63) is 35.1 Å². The second-order valence-electron chi connectivity index (χ2n) is 5.10. The fourth-order valence-corrected chi connectivity index (χ4v) is 2.99. The molecule has 0 saturated carbocycles. The molecule has 0 aromatic carbocycles. The lowest BCUT2D eigenvalue weighted by Crippen LogP contribution is -2.51. The fraction of sp³-hybridized carbons (Fsp3) is 0.571. The molecule has 0 aromatic heterocycles. The van der Waals surface area contributed by atoms with Crippen LogP contribution in [0.5, 0.6) is 0 Å². The summed E-state index contributed by atoms with van der Waals surface area (Å²) in [6.45, 7) is 5.70. The lowest BCUT2D eigenvalue weighted by atomic mass is 9.94. The van der Waals surface area contributed by atoms with Gasteiger partial charge in [0, 0.05) is 31.4 Å². The van der Waals surface area contributed by atoms with Gasteiger partial charge in [0.2, 0.25) is 0 Å². The van der Waals surface area contributed by atoms with Gasteiger partial charge < -0.3 is 10.2 Å². The van der Waals surface area contributed by atoms with Crippen molar-refractivity contribution >= 4 is 0 Å². The zero-order valence-corrected chi connectivity index (χ0v) is 10.00. The standard InChI is InChI=1S/C14H20N2/c1-11-3-2-4-12-5-6-13-10-15-7-8-16(13)14(12)9-11/h2,4,9,13,15H,3,5-8,10H2,1H3. The van der Waals surface area contributed by atoms with Gasteiger partial charge in [-0.05, 0) is 37.8 Å². The van der Waals surface area contributed by atoms with Crippen LogP contribution in [0.2, 0.25) is 0 Å². The number of rotatable bonds is 0. The predicted molar refractivity (Wildman–Crippen MR) is 67.1 cm³/mol. The topological polar surface area (TPSA) is 15.3 Å². The maximum atomic E-state index is 3.50.